The van der Waals surface area contributed by atoms with Gasteiger partial charge in [0.05, 0.1) is 0 Å². The van der Waals surface area contributed by atoms with Crippen LogP contribution in [-0.2, 0) is 11.3 Å². The van der Waals surface area contributed by atoms with Gasteiger partial charge in [0.2, 0.25) is 0 Å². The zero-order valence-electron chi connectivity index (χ0n) is 6.24. The van der Waals surface area contributed by atoms with Crippen LogP contribution >= 0.6 is 0 Å². The van der Waals surface area contributed by atoms with Crippen LogP contribution < -0.4 is 5.14 Å². The monoisotopic (exact) mass is 165 g/mol. The fourth-order valence-electron chi connectivity index (χ4n) is 0.645. The summed E-state index contributed by atoms with van der Waals surface area (Å²) in [5.41, 5.74) is 0. The van der Waals surface area contributed by atoms with Gasteiger partial charge in [0.25, 0.3) is 0 Å². The Labute approximate surface area is 63.8 Å². The van der Waals surface area contributed by atoms with E-state index in [2.05, 4.69) is 24.0 Å². The predicted octanol–water partition coefficient (Wildman–Crippen LogP) is -0.550. The summed E-state index contributed by atoms with van der Waals surface area (Å²) < 4.78 is 17.6. The van der Waals surface area contributed by atoms with Gasteiger partial charge in [-0.1, -0.05) is 0 Å². The van der Waals surface area contributed by atoms with Gasteiger partial charge in [-0.2, -0.15) is 0 Å². The molecule has 2 unspecified atom stereocenters. The third-order valence-electron chi connectivity index (χ3n) is 1.65. The summed E-state index contributed by atoms with van der Waals surface area (Å²) in [4.78, 5) is 2.35. The zero-order valence-corrected chi connectivity index (χ0v) is 7.06. The first-order chi connectivity index (χ1) is 4.54. The molecule has 0 aromatic heterocycles. The molecule has 2 atom stereocenters. The van der Waals surface area contributed by atoms with Crippen molar-refractivity contribution in [3.63, 3.8) is 0 Å². The average Bonchev–Trinajstić information content (AvgIpc) is 1.83. The van der Waals surface area contributed by atoms with Gasteiger partial charge < -0.3 is 9.45 Å². The maximum Gasteiger partial charge on any atom is 0.0152 e. The molecule has 4 nitrogen and oxygen atoms in total. The second-order valence-corrected chi connectivity index (χ2v) is 2.90. The smallest absolute Gasteiger partial charge is 0.0152 e. The molecule has 0 spiro atoms. The minimum Gasteiger partial charge on any atom is -0.760 e. The van der Waals surface area contributed by atoms with Gasteiger partial charge in [0.1, 0.15) is 0 Å². The minimum atomic E-state index is -2.36. The fourth-order valence-corrected chi connectivity index (χ4v) is 0.645. The van der Waals surface area contributed by atoms with Gasteiger partial charge in [-0.25, -0.2) is 0 Å². The summed E-state index contributed by atoms with van der Waals surface area (Å²) in [7, 11) is 2.16. The van der Waals surface area contributed by atoms with Crippen molar-refractivity contribution in [1.29, 1.82) is 0 Å². The molecule has 2 N–H and O–H groups in total. The van der Waals surface area contributed by atoms with Crippen LogP contribution in [0.15, 0.2) is 0 Å². The average molecular weight is 165 g/mol. The van der Waals surface area contributed by atoms with E-state index in [4.69, 9.17) is 8.76 Å². The van der Waals surface area contributed by atoms with Gasteiger partial charge in [0, 0.05) is 17.3 Å². The quantitative estimate of drug-likeness (QED) is 0.490. The minimum absolute atomic E-state index is 0.866. The van der Waals surface area contributed by atoms with Crippen LogP contribution in [0.3, 0.4) is 0 Å². The van der Waals surface area contributed by atoms with E-state index in [-0.39, 0.29) is 0 Å². The van der Waals surface area contributed by atoms with Gasteiger partial charge >= 0.3 is 0 Å². The van der Waals surface area contributed by atoms with E-state index in [9.17, 15) is 0 Å². The molecule has 1 heterocycles. The molecule has 1 rings (SSSR count). The highest BCUT2D eigenvalue weighted by atomic mass is 32.2. The van der Waals surface area contributed by atoms with Crippen molar-refractivity contribution in [3.05, 3.63) is 0 Å². The van der Waals surface area contributed by atoms with E-state index in [0.717, 1.165) is 6.04 Å². The predicted molar refractivity (Wildman–Crippen MR) is 39.8 cm³/mol. The highest BCUT2D eigenvalue weighted by Gasteiger charge is 2.17. The number of likely N-dealkylation sites (tertiary alicyclic amines) is 1. The fraction of sp³-hybridized carbons (Fsp3) is 1.00. The summed E-state index contributed by atoms with van der Waals surface area (Å²) in [6, 6.07) is 0.866. The van der Waals surface area contributed by atoms with E-state index in [1.54, 1.807) is 0 Å². The van der Waals surface area contributed by atoms with E-state index in [1.165, 1.54) is 13.0 Å². The second kappa shape index (κ2) is 4.79. The largest absolute Gasteiger partial charge is 0.760 e. The van der Waals surface area contributed by atoms with Crippen molar-refractivity contribution >= 4 is 11.3 Å². The molecular weight excluding hydrogens is 152 g/mol. The summed E-state index contributed by atoms with van der Waals surface area (Å²) in [6.45, 7) is 3.56. The van der Waals surface area contributed by atoms with Crippen molar-refractivity contribution in [3.8, 4) is 0 Å². The van der Waals surface area contributed by atoms with E-state index in [0.29, 0.717) is 0 Å². The van der Waals surface area contributed by atoms with Crippen molar-refractivity contribution in [2.75, 3.05) is 13.6 Å². The van der Waals surface area contributed by atoms with Gasteiger partial charge in [-0.05, 0) is 26.9 Å². The molecule has 0 saturated carbocycles. The van der Waals surface area contributed by atoms with E-state index in [1.807, 2.05) is 0 Å². The zero-order chi connectivity index (χ0) is 8.15. The van der Waals surface area contributed by atoms with Gasteiger partial charge in [-0.3, -0.25) is 9.35 Å². The van der Waals surface area contributed by atoms with Crippen LogP contribution in [0.1, 0.15) is 13.3 Å². The van der Waals surface area contributed by atoms with Crippen LogP contribution in [0.4, 0.5) is 0 Å². The lowest BCUT2D eigenvalue weighted by Crippen LogP contribution is -2.41. The topological polar surface area (TPSA) is 69.4 Å². The molecule has 62 valence electrons. The highest BCUT2D eigenvalue weighted by molar-refractivity contribution is 7.76. The first-order valence-electron chi connectivity index (χ1n) is 3.08. The molecule has 0 amide bonds. The number of hydrogen-bond acceptors (Lipinski definition) is 3. The van der Waals surface area contributed by atoms with Crippen molar-refractivity contribution < 1.29 is 8.76 Å². The Hall–Kier alpha value is 0.0300. The molecule has 0 aromatic rings. The van der Waals surface area contributed by atoms with Crippen LogP contribution in [0.5, 0.6) is 0 Å². The standard InChI is InChI=1S/C5H11N.H3NO2S/c1-5-3-4-6(5)2;1-4(2)3/h5H,3-4H2,1-2H3;1H2,(H,2,3)/p-1. The molecule has 0 aliphatic carbocycles. The maximum absolute atomic E-state index is 8.78. The lowest BCUT2D eigenvalue weighted by Gasteiger charge is -2.34. The summed E-state index contributed by atoms with van der Waals surface area (Å²) >= 11 is -2.36. The van der Waals surface area contributed by atoms with Gasteiger partial charge in [-0.15, -0.1) is 0 Å². The lowest BCUT2D eigenvalue weighted by molar-refractivity contribution is 0.143. The Bertz CT molecular complexity index is 108. The Kier molecular flexibility index (Phi) is 4.80. The number of rotatable bonds is 0. The van der Waals surface area contributed by atoms with E-state index < -0.39 is 11.3 Å². The number of nitrogens with two attached hydrogens (primary N) is 1. The van der Waals surface area contributed by atoms with Crippen molar-refractivity contribution in [2.24, 2.45) is 5.14 Å². The van der Waals surface area contributed by atoms with Crippen LogP contribution in [0.25, 0.3) is 0 Å². The molecule has 1 saturated heterocycles. The second-order valence-electron chi connectivity index (χ2n) is 2.38. The third-order valence-corrected chi connectivity index (χ3v) is 1.65. The molecule has 1 aliphatic rings. The Morgan fingerprint density at radius 3 is 2.10 bits per heavy atom. The molecule has 1 fully saturated rings. The third kappa shape index (κ3) is 4.87. The Balaban J connectivity index is 0.000000180. The first-order valence-corrected chi connectivity index (χ1v) is 4.21. The SMILES string of the molecule is CC1CCN1C.NS(=O)[O-]. The van der Waals surface area contributed by atoms with Crippen molar-refractivity contribution in [2.45, 2.75) is 19.4 Å². The van der Waals surface area contributed by atoms with Gasteiger partial charge in [0.15, 0.2) is 0 Å². The first kappa shape index (κ1) is 10.0. The number of hydrogen-bond donors (Lipinski definition) is 1. The summed E-state index contributed by atoms with van der Waals surface area (Å²) in [5, 5.41) is 4.03. The number of nitrogens with zero attached hydrogens (tertiary/aromatic N) is 1. The molecule has 10 heavy (non-hydrogen) atoms. The summed E-state index contributed by atoms with van der Waals surface area (Å²) in [6.07, 6.45) is 1.40. The molecule has 0 radical (unpaired) electrons. The van der Waals surface area contributed by atoms with Crippen LogP contribution in [0, 0.1) is 0 Å². The Morgan fingerprint density at radius 2 is 2.10 bits per heavy atom. The molecule has 5 heteroatoms. The molecular formula is C5H13N2O2S-. The maximum atomic E-state index is 8.78. The Morgan fingerprint density at radius 1 is 1.80 bits per heavy atom. The molecule has 0 bridgehead atoms. The molecule has 0 aromatic carbocycles. The molecule has 1 aliphatic heterocycles. The van der Waals surface area contributed by atoms with Crippen LogP contribution in [0.2, 0.25) is 0 Å². The summed E-state index contributed by atoms with van der Waals surface area (Å²) in [5.74, 6) is 0. The normalized spacial score (nSPS) is 27.8. The highest BCUT2D eigenvalue weighted by Crippen LogP contribution is 2.11. The van der Waals surface area contributed by atoms with Crippen molar-refractivity contribution in [1.82, 2.24) is 4.90 Å². The van der Waals surface area contributed by atoms with Crippen LogP contribution in [-0.4, -0.2) is 33.3 Å². The lowest BCUT2D eigenvalue weighted by atomic mass is 10.1. The van der Waals surface area contributed by atoms with E-state index >= 15 is 0 Å².